The van der Waals surface area contributed by atoms with E-state index >= 15 is 0 Å². The molecule has 0 atom stereocenters. The Morgan fingerprint density at radius 1 is 1.26 bits per heavy atom. The maximum atomic E-state index is 10.7. The molecule has 0 saturated carbocycles. The largest absolute Gasteiger partial charge is 0.338 e. The van der Waals surface area contributed by atoms with Gasteiger partial charge in [0.05, 0.1) is 11.3 Å². The van der Waals surface area contributed by atoms with Gasteiger partial charge in [0, 0.05) is 23.9 Å². The Morgan fingerprint density at radius 2 is 1.96 bits per heavy atom. The van der Waals surface area contributed by atoms with E-state index in [0.29, 0.717) is 22.7 Å². The number of anilines is 2. The Kier molecular flexibility index (Phi) is 3.83. The molecule has 0 unspecified atom stereocenters. The molecular formula is C14H13ClN6O2. The number of imidazole rings is 1. The molecule has 0 aliphatic rings. The third-order valence-electron chi connectivity index (χ3n) is 3.29. The van der Waals surface area contributed by atoms with Crippen molar-refractivity contribution in [3.63, 3.8) is 0 Å². The zero-order valence-electron chi connectivity index (χ0n) is 12.4. The average Bonchev–Trinajstić information content (AvgIpc) is 2.91. The van der Waals surface area contributed by atoms with Gasteiger partial charge in [0.2, 0.25) is 5.28 Å². The van der Waals surface area contributed by atoms with Gasteiger partial charge in [-0.1, -0.05) is 0 Å². The van der Waals surface area contributed by atoms with Crippen LogP contribution in [-0.2, 0) is 0 Å². The molecule has 0 aliphatic carbocycles. The van der Waals surface area contributed by atoms with Gasteiger partial charge in [-0.25, -0.2) is 4.98 Å². The van der Waals surface area contributed by atoms with E-state index in [9.17, 15) is 10.1 Å². The summed E-state index contributed by atoms with van der Waals surface area (Å²) in [7, 11) is 0. The molecule has 0 spiro atoms. The third kappa shape index (κ3) is 2.93. The lowest BCUT2D eigenvalue weighted by atomic mass is 10.3. The van der Waals surface area contributed by atoms with Gasteiger partial charge in [-0.15, -0.1) is 0 Å². The molecule has 3 aromatic rings. The van der Waals surface area contributed by atoms with Gasteiger partial charge in [-0.2, -0.15) is 9.97 Å². The molecule has 118 valence electrons. The molecule has 0 amide bonds. The molecular weight excluding hydrogens is 320 g/mol. The van der Waals surface area contributed by atoms with E-state index in [4.69, 9.17) is 11.6 Å². The number of non-ortho nitro benzene ring substituents is 1. The zero-order valence-corrected chi connectivity index (χ0v) is 13.2. The van der Waals surface area contributed by atoms with Gasteiger partial charge in [-0.3, -0.25) is 10.1 Å². The quantitative estimate of drug-likeness (QED) is 0.444. The number of nitrogens with zero attached hydrogens (tertiary/aromatic N) is 5. The molecule has 0 aliphatic heterocycles. The van der Waals surface area contributed by atoms with E-state index in [1.54, 1.807) is 18.5 Å². The first-order chi connectivity index (χ1) is 11.0. The van der Waals surface area contributed by atoms with Crippen LogP contribution in [0, 0.1) is 10.1 Å². The van der Waals surface area contributed by atoms with Gasteiger partial charge in [0.25, 0.3) is 5.69 Å². The van der Waals surface area contributed by atoms with Gasteiger partial charge in [0.1, 0.15) is 0 Å². The van der Waals surface area contributed by atoms with Crippen LogP contribution in [0.1, 0.15) is 19.9 Å². The van der Waals surface area contributed by atoms with Gasteiger partial charge < -0.3 is 9.88 Å². The number of aromatic nitrogens is 4. The highest BCUT2D eigenvalue weighted by molar-refractivity contribution is 6.28. The van der Waals surface area contributed by atoms with E-state index in [1.165, 1.54) is 12.1 Å². The fourth-order valence-electron chi connectivity index (χ4n) is 2.16. The molecule has 2 aromatic heterocycles. The van der Waals surface area contributed by atoms with E-state index in [-0.39, 0.29) is 17.0 Å². The number of halogens is 1. The van der Waals surface area contributed by atoms with Crippen LogP contribution in [-0.4, -0.2) is 24.4 Å². The molecule has 0 bridgehead atoms. The first kappa shape index (κ1) is 15.2. The summed E-state index contributed by atoms with van der Waals surface area (Å²) in [6.07, 6.45) is 1.68. The van der Waals surface area contributed by atoms with E-state index < -0.39 is 4.92 Å². The minimum Gasteiger partial charge on any atom is -0.338 e. The lowest BCUT2D eigenvalue weighted by Crippen LogP contribution is -2.02. The van der Waals surface area contributed by atoms with Crippen LogP contribution in [0.15, 0.2) is 30.6 Å². The molecule has 2 heterocycles. The predicted octanol–water partition coefficient (Wildman–Crippen LogP) is 3.71. The highest BCUT2D eigenvalue weighted by Gasteiger charge is 2.14. The minimum atomic E-state index is -0.451. The summed E-state index contributed by atoms with van der Waals surface area (Å²) in [5.74, 6) is 0.452. The van der Waals surface area contributed by atoms with Crippen LogP contribution in [0.2, 0.25) is 5.28 Å². The molecule has 0 radical (unpaired) electrons. The summed E-state index contributed by atoms with van der Waals surface area (Å²) in [6, 6.07) is 6.20. The summed E-state index contributed by atoms with van der Waals surface area (Å²) in [4.78, 5) is 23.0. The first-order valence-corrected chi connectivity index (χ1v) is 7.25. The third-order valence-corrected chi connectivity index (χ3v) is 3.46. The van der Waals surface area contributed by atoms with Crippen LogP contribution in [0.5, 0.6) is 0 Å². The molecule has 0 saturated heterocycles. The van der Waals surface area contributed by atoms with Crippen LogP contribution in [0.4, 0.5) is 17.2 Å². The van der Waals surface area contributed by atoms with Crippen molar-refractivity contribution in [2.75, 3.05) is 5.32 Å². The Labute approximate surface area is 136 Å². The van der Waals surface area contributed by atoms with Crippen molar-refractivity contribution in [1.82, 2.24) is 19.5 Å². The Morgan fingerprint density at radius 3 is 2.57 bits per heavy atom. The molecule has 1 N–H and O–H groups in total. The van der Waals surface area contributed by atoms with Crippen molar-refractivity contribution in [1.29, 1.82) is 0 Å². The lowest BCUT2D eigenvalue weighted by molar-refractivity contribution is -0.384. The Hall–Kier alpha value is -2.74. The number of nitrogens with one attached hydrogen (secondary N) is 1. The summed E-state index contributed by atoms with van der Waals surface area (Å²) in [6.45, 7) is 4.03. The highest BCUT2D eigenvalue weighted by atomic mass is 35.5. The SMILES string of the molecule is CC(C)n1cnc2c(Nc3ccc([N+](=O)[O-])cc3)nc(Cl)nc21. The van der Waals surface area contributed by atoms with Crippen molar-refractivity contribution in [2.45, 2.75) is 19.9 Å². The number of nitro benzene ring substituents is 1. The van der Waals surface area contributed by atoms with Crippen LogP contribution < -0.4 is 5.32 Å². The molecule has 1 aromatic carbocycles. The maximum Gasteiger partial charge on any atom is 0.269 e. The number of hydrogen-bond acceptors (Lipinski definition) is 6. The van der Waals surface area contributed by atoms with Crippen molar-refractivity contribution in [2.24, 2.45) is 0 Å². The summed E-state index contributed by atoms with van der Waals surface area (Å²) in [5.41, 5.74) is 1.88. The summed E-state index contributed by atoms with van der Waals surface area (Å²) < 4.78 is 1.89. The number of hydrogen-bond donors (Lipinski definition) is 1. The van der Waals surface area contributed by atoms with E-state index in [2.05, 4.69) is 20.3 Å². The fourth-order valence-corrected chi connectivity index (χ4v) is 2.32. The van der Waals surface area contributed by atoms with Crippen molar-refractivity contribution in [3.05, 3.63) is 46.0 Å². The topological polar surface area (TPSA) is 98.8 Å². The number of rotatable bonds is 4. The van der Waals surface area contributed by atoms with Gasteiger partial charge >= 0.3 is 0 Å². The van der Waals surface area contributed by atoms with Crippen LogP contribution in [0.3, 0.4) is 0 Å². The van der Waals surface area contributed by atoms with Gasteiger partial charge in [0.15, 0.2) is 17.0 Å². The van der Waals surface area contributed by atoms with Crippen molar-refractivity contribution in [3.8, 4) is 0 Å². The minimum absolute atomic E-state index is 0.0190. The Bertz CT molecular complexity index is 875. The summed E-state index contributed by atoms with van der Waals surface area (Å²) >= 11 is 6.00. The second-order valence-electron chi connectivity index (χ2n) is 5.19. The van der Waals surface area contributed by atoms with E-state index in [0.717, 1.165) is 0 Å². The van der Waals surface area contributed by atoms with Crippen LogP contribution in [0.25, 0.3) is 11.2 Å². The number of fused-ring (bicyclic) bond motifs is 1. The average molecular weight is 333 g/mol. The van der Waals surface area contributed by atoms with Gasteiger partial charge in [-0.05, 0) is 37.6 Å². The Balaban J connectivity index is 2.01. The fraction of sp³-hybridized carbons (Fsp3) is 0.214. The maximum absolute atomic E-state index is 10.7. The van der Waals surface area contributed by atoms with Crippen molar-refractivity contribution < 1.29 is 4.92 Å². The highest BCUT2D eigenvalue weighted by Crippen LogP contribution is 2.26. The summed E-state index contributed by atoms with van der Waals surface area (Å²) in [5, 5.41) is 13.9. The van der Waals surface area contributed by atoms with E-state index in [1.807, 2.05) is 18.4 Å². The number of nitro groups is 1. The smallest absolute Gasteiger partial charge is 0.269 e. The second-order valence-corrected chi connectivity index (χ2v) is 5.53. The second kappa shape index (κ2) is 5.81. The molecule has 8 nitrogen and oxygen atoms in total. The monoisotopic (exact) mass is 332 g/mol. The normalized spacial score (nSPS) is 11.1. The standard InChI is InChI=1S/C14H13ClN6O2/c1-8(2)20-7-16-11-12(18-14(15)19-13(11)20)17-9-3-5-10(6-4-9)21(22)23/h3-8H,1-2H3,(H,17,18,19). The molecule has 3 rings (SSSR count). The lowest BCUT2D eigenvalue weighted by Gasteiger charge is -2.09. The molecule has 0 fully saturated rings. The zero-order chi connectivity index (χ0) is 16.6. The van der Waals surface area contributed by atoms with Crippen molar-refractivity contribution >= 4 is 40.0 Å². The van der Waals surface area contributed by atoms with Crippen LogP contribution >= 0.6 is 11.6 Å². The molecule has 23 heavy (non-hydrogen) atoms. The number of benzene rings is 1. The predicted molar refractivity (Wildman–Crippen MR) is 87.1 cm³/mol. The molecule has 9 heteroatoms. The first-order valence-electron chi connectivity index (χ1n) is 6.87.